The minimum Gasteiger partial charge on any atom is -0.507 e. The number of nitrogens with zero attached hydrogens (tertiary/aromatic N) is 2. The molecule has 0 bridgehead atoms. The molecule has 3 heterocycles. The number of carbonyl (C=O) groups excluding carboxylic acids is 1. The topological polar surface area (TPSA) is 78.5 Å². The molecule has 2 unspecified atom stereocenters. The molecule has 7 heteroatoms. The summed E-state index contributed by atoms with van der Waals surface area (Å²) in [5, 5.41) is 18.3. The van der Waals surface area contributed by atoms with Gasteiger partial charge < -0.3 is 14.7 Å². The Balaban J connectivity index is 1.64. The molecule has 1 aromatic heterocycles. The highest BCUT2D eigenvalue weighted by Crippen LogP contribution is 2.44. The molecule has 6 nitrogen and oxygen atoms in total. The van der Waals surface area contributed by atoms with Crippen LogP contribution in [0.5, 0.6) is 5.75 Å². The van der Waals surface area contributed by atoms with Gasteiger partial charge in [0.05, 0.1) is 12.1 Å². The first-order valence-electron chi connectivity index (χ1n) is 9.68. The van der Waals surface area contributed by atoms with Gasteiger partial charge in [-0.2, -0.15) is 5.10 Å². The Morgan fingerprint density at radius 2 is 2.00 bits per heavy atom. The molecule has 0 aliphatic carbocycles. The van der Waals surface area contributed by atoms with Gasteiger partial charge in [0.2, 0.25) is 0 Å². The van der Waals surface area contributed by atoms with E-state index in [1.54, 1.807) is 18.2 Å². The van der Waals surface area contributed by atoms with Crippen LogP contribution in [0.15, 0.2) is 48.5 Å². The van der Waals surface area contributed by atoms with E-state index in [1.807, 2.05) is 35.2 Å². The maximum Gasteiger partial charge on any atom is 0.273 e. The van der Waals surface area contributed by atoms with Gasteiger partial charge in [-0.1, -0.05) is 35.9 Å². The van der Waals surface area contributed by atoms with Crippen molar-refractivity contribution in [2.45, 2.75) is 25.0 Å². The van der Waals surface area contributed by atoms with E-state index in [0.29, 0.717) is 28.5 Å². The predicted octanol–water partition coefficient (Wildman–Crippen LogP) is 4.16. The molecule has 0 spiro atoms. The van der Waals surface area contributed by atoms with Crippen molar-refractivity contribution in [1.29, 1.82) is 0 Å². The molecule has 0 radical (unpaired) electrons. The van der Waals surface area contributed by atoms with E-state index in [1.165, 1.54) is 0 Å². The monoisotopic (exact) mass is 409 g/mol. The van der Waals surface area contributed by atoms with Crippen molar-refractivity contribution >= 4 is 17.5 Å². The number of rotatable bonds is 4. The average molecular weight is 410 g/mol. The number of hydrogen-bond donors (Lipinski definition) is 2. The highest BCUT2D eigenvalue weighted by atomic mass is 35.5. The Bertz CT molecular complexity index is 1060. The van der Waals surface area contributed by atoms with Gasteiger partial charge in [-0.15, -0.1) is 0 Å². The second-order valence-electron chi connectivity index (χ2n) is 7.42. The van der Waals surface area contributed by atoms with Crippen LogP contribution in [0.1, 0.15) is 40.5 Å². The van der Waals surface area contributed by atoms with Crippen molar-refractivity contribution in [3.05, 3.63) is 70.4 Å². The number of ether oxygens (including phenoxy) is 1. The second-order valence-corrected chi connectivity index (χ2v) is 7.86. The zero-order valence-corrected chi connectivity index (χ0v) is 16.4. The van der Waals surface area contributed by atoms with Gasteiger partial charge in [0, 0.05) is 29.3 Å². The van der Waals surface area contributed by atoms with Gasteiger partial charge in [0.1, 0.15) is 17.1 Å². The number of phenolic OH excluding ortho intramolecular Hbond substituents is 1. The largest absolute Gasteiger partial charge is 0.507 e. The van der Waals surface area contributed by atoms with Crippen LogP contribution >= 0.6 is 11.6 Å². The summed E-state index contributed by atoms with van der Waals surface area (Å²) in [7, 11) is 0. The highest BCUT2D eigenvalue weighted by molar-refractivity contribution is 6.30. The molecule has 2 aliphatic rings. The van der Waals surface area contributed by atoms with Gasteiger partial charge in [-0.3, -0.25) is 9.89 Å². The third kappa shape index (κ3) is 3.09. The number of hydrogen-bond acceptors (Lipinski definition) is 4. The molecular weight excluding hydrogens is 390 g/mol. The number of aromatic amines is 1. The van der Waals surface area contributed by atoms with Crippen molar-refractivity contribution in [2.24, 2.45) is 0 Å². The Hall–Kier alpha value is -2.83. The SMILES string of the molecule is O=C1c2[nH]nc(-c3ccccc3O)c2C(c2ccc(Cl)cc2)N1CC1CCCO1. The quantitative estimate of drug-likeness (QED) is 0.678. The van der Waals surface area contributed by atoms with Crippen LogP contribution in [0.4, 0.5) is 0 Å². The van der Waals surface area contributed by atoms with Gasteiger partial charge in [0.15, 0.2) is 0 Å². The molecule has 29 heavy (non-hydrogen) atoms. The number of halogens is 1. The zero-order valence-electron chi connectivity index (χ0n) is 15.6. The first-order valence-corrected chi connectivity index (χ1v) is 10.1. The van der Waals surface area contributed by atoms with Gasteiger partial charge >= 0.3 is 0 Å². The number of phenols is 1. The van der Waals surface area contributed by atoms with E-state index in [9.17, 15) is 9.90 Å². The van der Waals surface area contributed by atoms with E-state index >= 15 is 0 Å². The molecule has 3 aromatic rings. The normalized spacial score (nSPS) is 21.0. The lowest BCUT2D eigenvalue weighted by Crippen LogP contribution is -2.36. The number of carbonyl (C=O) groups is 1. The van der Waals surface area contributed by atoms with Crippen LogP contribution in [-0.4, -0.2) is 45.4 Å². The van der Waals surface area contributed by atoms with Crippen LogP contribution in [0.3, 0.4) is 0 Å². The second kappa shape index (κ2) is 7.21. The lowest BCUT2D eigenvalue weighted by atomic mass is 9.95. The van der Waals surface area contributed by atoms with Crippen LogP contribution in [0, 0.1) is 0 Å². The number of nitrogens with one attached hydrogen (secondary N) is 1. The molecule has 148 valence electrons. The summed E-state index contributed by atoms with van der Waals surface area (Å²) >= 11 is 6.10. The molecule has 2 aliphatic heterocycles. The van der Waals surface area contributed by atoms with Crippen LogP contribution < -0.4 is 0 Å². The molecule has 2 N–H and O–H groups in total. The molecule has 1 amide bonds. The van der Waals surface area contributed by atoms with Gasteiger partial charge in [-0.25, -0.2) is 0 Å². The molecule has 0 saturated carbocycles. The minimum absolute atomic E-state index is 0.0271. The summed E-state index contributed by atoms with van der Waals surface area (Å²) in [6.45, 7) is 1.24. The lowest BCUT2D eigenvalue weighted by molar-refractivity contribution is 0.0495. The number of para-hydroxylation sites is 1. The molecule has 5 rings (SSSR count). The minimum atomic E-state index is -0.327. The Morgan fingerprint density at radius 1 is 1.21 bits per heavy atom. The average Bonchev–Trinajstić information content (AvgIpc) is 3.44. The van der Waals surface area contributed by atoms with Gasteiger partial charge in [-0.05, 0) is 42.7 Å². The third-order valence-electron chi connectivity index (χ3n) is 5.63. The smallest absolute Gasteiger partial charge is 0.273 e. The zero-order chi connectivity index (χ0) is 20.0. The fraction of sp³-hybridized carbons (Fsp3) is 0.273. The lowest BCUT2D eigenvalue weighted by Gasteiger charge is -2.28. The van der Waals surface area contributed by atoms with Gasteiger partial charge in [0.25, 0.3) is 5.91 Å². The summed E-state index contributed by atoms with van der Waals surface area (Å²) < 4.78 is 5.80. The van der Waals surface area contributed by atoms with Crippen LogP contribution in [0.25, 0.3) is 11.3 Å². The summed E-state index contributed by atoms with van der Waals surface area (Å²) in [5.41, 5.74) is 3.35. The van der Waals surface area contributed by atoms with Crippen molar-refractivity contribution in [3.63, 3.8) is 0 Å². The van der Waals surface area contributed by atoms with Crippen molar-refractivity contribution in [3.8, 4) is 17.0 Å². The molecule has 1 saturated heterocycles. The fourth-order valence-corrected chi connectivity index (χ4v) is 4.39. The van der Waals surface area contributed by atoms with E-state index in [4.69, 9.17) is 16.3 Å². The van der Waals surface area contributed by atoms with E-state index < -0.39 is 0 Å². The van der Waals surface area contributed by atoms with Crippen molar-refractivity contribution in [2.75, 3.05) is 13.2 Å². The van der Waals surface area contributed by atoms with Crippen molar-refractivity contribution < 1.29 is 14.6 Å². The Kier molecular flexibility index (Phi) is 4.53. The molecule has 2 aromatic carbocycles. The Labute approximate surface area is 173 Å². The number of amides is 1. The van der Waals surface area contributed by atoms with Crippen LogP contribution in [-0.2, 0) is 4.74 Å². The fourth-order valence-electron chi connectivity index (χ4n) is 4.26. The number of aromatic nitrogens is 2. The number of benzene rings is 2. The van der Waals surface area contributed by atoms with E-state index in [-0.39, 0.29) is 23.8 Å². The van der Waals surface area contributed by atoms with E-state index in [0.717, 1.165) is 30.6 Å². The maximum absolute atomic E-state index is 13.3. The first kappa shape index (κ1) is 18.2. The maximum atomic E-state index is 13.3. The van der Waals surface area contributed by atoms with Crippen molar-refractivity contribution in [1.82, 2.24) is 15.1 Å². The van der Waals surface area contributed by atoms with Crippen LogP contribution in [0.2, 0.25) is 5.02 Å². The first-order chi connectivity index (χ1) is 14.1. The molecular formula is C22H20ClN3O3. The number of H-pyrrole nitrogens is 1. The van der Waals surface area contributed by atoms with E-state index in [2.05, 4.69) is 10.2 Å². The predicted molar refractivity (Wildman–Crippen MR) is 109 cm³/mol. The third-order valence-corrected chi connectivity index (χ3v) is 5.89. The summed E-state index contributed by atoms with van der Waals surface area (Å²) in [6, 6.07) is 14.2. The number of aromatic hydroxyl groups is 1. The highest BCUT2D eigenvalue weighted by Gasteiger charge is 2.43. The summed E-state index contributed by atoms with van der Waals surface area (Å²) in [6.07, 6.45) is 1.98. The standard InChI is InChI=1S/C22H20ClN3O3/c23-14-9-7-13(8-10-14)21-18-19(16-5-1-2-6-17(16)27)24-25-20(18)22(28)26(21)12-15-4-3-11-29-15/h1-2,5-10,15,21,27H,3-4,11-12H2,(H,24,25). The molecule has 1 fully saturated rings. The summed E-state index contributed by atoms with van der Waals surface area (Å²) in [4.78, 5) is 15.1. The molecule has 2 atom stereocenters. The number of fused-ring (bicyclic) bond motifs is 1. The summed E-state index contributed by atoms with van der Waals surface area (Å²) in [5.74, 6) is 0.0197. The Morgan fingerprint density at radius 3 is 2.72 bits per heavy atom.